The number of anilines is 1. The van der Waals surface area contributed by atoms with Crippen molar-refractivity contribution < 1.29 is 23.7 Å². The van der Waals surface area contributed by atoms with E-state index in [1.54, 1.807) is 0 Å². The van der Waals surface area contributed by atoms with Crippen molar-refractivity contribution in [2.24, 2.45) is 0 Å². The van der Waals surface area contributed by atoms with Crippen molar-refractivity contribution in [1.82, 2.24) is 5.32 Å². The first kappa shape index (κ1) is 20.6. The SMILES string of the molecule is CC1(C)O[C@H]2O[C@H]([C@H]3COC4(CCCCC4)O3)[C@H](NC(=S)Nc3ccccc3)[C@H]2O1. The highest BCUT2D eigenvalue weighted by Gasteiger charge is 2.59. The van der Waals surface area contributed by atoms with Gasteiger partial charge < -0.3 is 34.3 Å². The fourth-order valence-corrected chi connectivity index (χ4v) is 5.20. The number of hydrogen-bond acceptors (Lipinski definition) is 6. The summed E-state index contributed by atoms with van der Waals surface area (Å²) in [4.78, 5) is 0. The maximum absolute atomic E-state index is 6.46. The topological polar surface area (TPSA) is 70.2 Å². The molecule has 0 aromatic heterocycles. The maximum atomic E-state index is 6.46. The third-order valence-electron chi connectivity index (χ3n) is 6.28. The van der Waals surface area contributed by atoms with Crippen LogP contribution in [0.3, 0.4) is 0 Å². The Hall–Kier alpha value is -1.29. The van der Waals surface area contributed by atoms with Gasteiger partial charge in [-0.05, 0) is 51.0 Å². The van der Waals surface area contributed by atoms with Crippen LogP contribution in [0.4, 0.5) is 5.69 Å². The van der Waals surface area contributed by atoms with Gasteiger partial charge in [-0.1, -0.05) is 24.6 Å². The van der Waals surface area contributed by atoms with Gasteiger partial charge in [0.1, 0.15) is 18.3 Å². The van der Waals surface area contributed by atoms with Crippen molar-refractivity contribution in [3.63, 3.8) is 0 Å². The molecule has 1 aliphatic carbocycles. The second kappa shape index (κ2) is 8.00. The summed E-state index contributed by atoms with van der Waals surface area (Å²) in [5.74, 6) is -1.16. The van der Waals surface area contributed by atoms with Crippen LogP contribution in [0.2, 0.25) is 0 Å². The Morgan fingerprint density at radius 1 is 1.00 bits per heavy atom. The molecule has 3 saturated heterocycles. The predicted molar refractivity (Wildman–Crippen MR) is 115 cm³/mol. The Morgan fingerprint density at radius 3 is 2.53 bits per heavy atom. The third-order valence-corrected chi connectivity index (χ3v) is 6.50. The maximum Gasteiger partial charge on any atom is 0.189 e. The standard InChI is InChI=1S/C22H30N2O5S/c1-21(2)28-18-16(24-20(30)23-14-9-5-3-6-10-14)17(26-19(18)29-21)15-13-25-22(27-15)11-7-4-8-12-22/h3,5-6,9-10,15-19H,4,7-8,11-13H2,1-2H3,(H2,23,24,30)/t15-,16+,17-,18-,19-/m1/s1. The van der Waals surface area contributed by atoms with Gasteiger partial charge >= 0.3 is 0 Å². The molecule has 30 heavy (non-hydrogen) atoms. The number of ether oxygens (including phenoxy) is 5. The van der Waals surface area contributed by atoms with Gasteiger partial charge in [-0.25, -0.2) is 0 Å². The highest BCUT2D eigenvalue weighted by Crippen LogP contribution is 2.43. The van der Waals surface area contributed by atoms with Gasteiger partial charge in [-0.15, -0.1) is 0 Å². The Balaban J connectivity index is 1.31. The van der Waals surface area contributed by atoms with E-state index in [9.17, 15) is 0 Å². The van der Waals surface area contributed by atoms with Crippen LogP contribution in [-0.2, 0) is 23.7 Å². The molecule has 164 valence electrons. The highest BCUT2D eigenvalue weighted by atomic mass is 32.1. The van der Waals surface area contributed by atoms with E-state index in [1.165, 1.54) is 6.42 Å². The van der Waals surface area contributed by atoms with Crippen LogP contribution in [0.25, 0.3) is 0 Å². The summed E-state index contributed by atoms with van der Waals surface area (Å²) in [7, 11) is 0. The second-order valence-corrected chi connectivity index (χ2v) is 9.41. The number of benzene rings is 1. The van der Waals surface area contributed by atoms with Gasteiger partial charge in [0.15, 0.2) is 23.0 Å². The van der Waals surface area contributed by atoms with Crippen molar-refractivity contribution in [3.05, 3.63) is 30.3 Å². The lowest BCUT2D eigenvalue weighted by Gasteiger charge is -2.34. The molecule has 1 aromatic carbocycles. The van der Waals surface area contributed by atoms with Gasteiger partial charge in [0.2, 0.25) is 0 Å². The van der Waals surface area contributed by atoms with E-state index in [2.05, 4.69) is 10.6 Å². The molecule has 0 radical (unpaired) electrons. The molecule has 1 saturated carbocycles. The summed E-state index contributed by atoms with van der Waals surface area (Å²) in [6.45, 7) is 4.30. The minimum atomic E-state index is -0.702. The van der Waals surface area contributed by atoms with Gasteiger partial charge in [0, 0.05) is 18.5 Å². The molecule has 4 aliphatic rings. The largest absolute Gasteiger partial charge is 0.354 e. The van der Waals surface area contributed by atoms with Crippen LogP contribution in [0.5, 0.6) is 0 Å². The van der Waals surface area contributed by atoms with Gasteiger partial charge in [-0.2, -0.15) is 0 Å². The third kappa shape index (κ3) is 4.09. The lowest BCUT2D eigenvalue weighted by atomic mass is 9.94. The summed E-state index contributed by atoms with van der Waals surface area (Å²) in [6.07, 6.45) is 4.16. The lowest BCUT2D eigenvalue weighted by Crippen LogP contribution is -2.53. The van der Waals surface area contributed by atoms with E-state index < -0.39 is 17.9 Å². The molecule has 1 spiro atoms. The zero-order valence-corrected chi connectivity index (χ0v) is 18.3. The molecule has 4 fully saturated rings. The van der Waals surface area contributed by atoms with Gasteiger partial charge in [-0.3, -0.25) is 0 Å². The molecular weight excluding hydrogens is 404 g/mol. The summed E-state index contributed by atoms with van der Waals surface area (Å²) >= 11 is 5.59. The second-order valence-electron chi connectivity index (χ2n) is 9.00. The molecule has 2 N–H and O–H groups in total. The smallest absolute Gasteiger partial charge is 0.189 e. The number of nitrogens with one attached hydrogen (secondary N) is 2. The van der Waals surface area contributed by atoms with Crippen molar-refractivity contribution in [2.75, 3.05) is 11.9 Å². The predicted octanol–water partition coefficient (Wildman–Crippen LogP) is 3.29. The van der Waals surface area contributed by atoms with E-state index in [-0.39, 0.29) is 24.4 Å². The zero-order chi connectivity index (χ0) is 20.8. The van der Waals surface area contributed by atoms with Crippen LogP contribution >= 0.6 is 12.2 Å². The average Bonchev–Trinajstić information content (AvgIpc) is 3.35. The molecule has 3 heterocycles. The summed E-state index contributed by atoms with van der Waals surface area (Å²) in [5, 5.41) is 7.16. The molecule has 3 aliphatic heterocycles. The zero-order valence-electron chi connectivity index (χ0n) is 17.5. The summed E-state index contributed by atoms with van der Waals surface area (Å²) in [5.41, 5.74) is 0.924. The fraction of sp³-hybridized carbons (Fsp3) is 0.682. The first-order valence-electron chi connectivity index (χ1n) is 10.9. The van der Waals surface area contributed by atoms with Crippen molar-refractivity contribution in [2.45, 2.75) is 88.2 Å². The molecule has 5 rings (SSSR count). The average molecular weight is 435 g/mol. The van der Waals surface area contributed by atoms with E-state index in [1.807, 2.05) is 44.2 Å². The number of rotatable bonds is 3. The van der Waals surface area contributed by atoms with Crippen LogP contribution in [0, 0.1) is 0 Å². The van der Waals surface area contributed by atoms with Crippen LogP contribution in [0.1, 0.15) is 46.0 Å². The molecule has 0 unspecified atom stereocenters. The number of fused-ring (bicyclic) bond motifs is 1. The molecule has 0 bridgehead atoms. The molecule has 0 amide bonds. The van der Waals surface area contributed by atoms with E-state index in [4.69, 9.17) is 35.9 Å². The Morgan fingerprint density at radius 2 is 1.77 bits per heavy atom. The molecular formula is C22H30N2O5S. The number of thiocarbonyl (C=S) groups is 1. The van der Waals surface area contributed by atoms with Gasteiger partial charge in [0.25, 0.3) is 0 Å². The van der Waals surface area contributed by atoms with Crippen molar-refractivity contribution in [3.8, 4) is 0 Å². The summed E-state index contributed by atoms with van der Waals surface area (Å²) in [6, 6.07) is 9.63. The van der Waals surface area contributed by atoms with E-state index in [0.717, 1.165) is 31.4 Å². The fourth-order valence-electron chi connectivity index (χ4n) is 4.95. The Kier molecular flexibility index (Phi) is 5.49. The van der Waals surface area contributed by atoms with Gasteiger partial charge in [0.05, 0.1) is 12.6 Å². The lowest BCUT2D eigenvalue weighted by molar-refractivity contribution is -0.231. The number of hydrogen-bond donors (Lipinski definition) is 2. The van der Waals surface area contributed by atoms with E-state index >= 15 is 0 Å². The monoisotopic (exact) mass is 434 g/mol. The highest BCUT2D eigenvalue weighted by molar-refractivity contribution is 7.80. The normalized spacial score (nSPS) is 36.5. The first-order valence-corrected chi connectivity index (χ1v) is 11.3. The first-order chi connectivity index (χ1) is 14.4. The van der Waals surface area contributed by atoms with E-state index in [0.29, 0.717) is 11.7 Å². The minimum absolute atomic E-state index is 0.193. The summed E-state index contributed by atoms with van der Waals surface area (Å²) < 4.78 is 31.1. The van der Waals surface area contributed by atoms with Crippen molar-refractivity contribution in [1.29, 1.82) is 0 Å². The molecule has 1 aromatic rings. The Labute approximate surface area is 182 Å². The molecule has 8 heteroatoms. The number of para-hydroxylation sites is 1. The molecule has 7 nitrogen and oxygen atoms in total. The van der Waals surface area contributed by atoms with Crippen molar-refractivity contribution >= 4 is 23.0 Å². The minimum Gasteiger partial charge on any atom is -0.354 e. The van der Waals surface area contributed by atoms with Crippen LogP contribution in [-0.4, -0.2) is 53.9 Å². The molecule has 5 atom stereocenters. The quantitative estimate of drug-likeness (QED) is 0.703. The van der Waals surface area contributed by atoms with Crippen LogP contribution < -0.4 is 10.6 Å². The Bertz CT molecular complexity index is 770. The van der Waals surface area contributed by atoms with Crippen LogP contribution in [0.15, 0.2) is 30.3 Å².